The van der Waals surface area contributed by atoms with Crippen LogP contribution in [0.3, 0.4) is 0 Å². The van der Waals surface area contributed by atoms with Crippen LogP contribution in [-0.4, -0.2) is 31.3 Å². The lowest BCUT2D eigenvalue weighted by molar-refractivity contribution is 0.483. The first-order valence-corrected chi connectivity index (χ1v) is 7.32. The summed E-state index contributed by atoms with van der Waals surface area (Å²) in [6.45, 7) is 4.09. The van der Waals surface area contributed by atoms with Gasteiger partial charge in [-0.3, -0.25) is 4.55 Å². The third-order valence-electron chi connectivity index (χ3n) is 2.05. The molecular formula is C12H22N2O3S. The summed E-state index contributed by atoms with van der Waals surface area (Å²) in [5, 5.41) is 0. The van der Waals surface area contributed by atoms with Crippen LogP contribution >= 0.6 is 0 Å². The molecule has 0 fully saturated rings. The summed E-state index contributed by atoms with van der Waals surface area (Å²) >= 11 is 0. The molecule has 1 atom stereocenters. The molecule has 0 heterocycles. The van der Waals surface area contributed by atoms with Gasteiger partial charge in [-0.15, -0.1) is 0 Å². The molecule has 0 aliphatic carbocycles. The molecule has 6 heteroatoms. The van der Waals surface area contributed by atoms with Gasteiger partial charge in [0.1, 0.15) is 0 Å². The maximum absolute atomic E-state index is 9.71. The quantitative estimate of drug-likeness (QED) is 0.701. The van der Waals surface area contributed by atoms with Crippen LogP contribution in [-0.2, 0) is 16.5 Å². The van der Waals surface area contributed by atoms with Crippen LogP contribution in [0.25, 0.3) is 0 Å². The molecule has 0 aliphatic heterocycles. The van der Waals surface area contributed by atoms with Crippen LogP contribution in [0.2, 0.25) is 0 Å². The fraction of sp³-hybridized carbons (Fsp3) is 0.500. The summed E-state index contributed by atoms with van der Waals surface area (Å²) in [6.07, 6.45) is 0.972. The topological polar surface area (TPSA) is 106 Å². The maximum Gasteiger partial charge on any atom is 0.266 e. The van der Waals surface area contributed by atoms with E-state index in [1.54, 1.807) is 0 Å². The van der Waals surface area contributed by atoms with Crippen molar-refractivity contribution in [2.24, 2.45) is 11.5 Å². The van der Waals surface area contributed by atoms with Crippen molar-refractivity contribution in [3.05, 3.63) is 35.4 Å². The highest BCUT2D eigenvalue weighted by molar-refractivity contribution is 7.85. The number of benzene rings is 1. The molecule has 1 rings (SSSR count). The summed E-state index contributed by atoms with van der Waals surface area (Å²) in [5.41, 5.74) is 13.1. The molecule has 1 aromatic carbocycles. The standard InChI is InChI=1S/C10H15N.C2H7NO3S/c1-8-3-5-10(6-4-8)7-9(2)11;3-1-2-7(4,5)6/h3-6,9H,7,11H2,1-2H3;1-3H2,(H,4,5,6). The predicted octanol–water partition coefficient (Wildman–Crippen LogP) is 0.718. The lowest BCUT2D eigenvalue weighted by atomic mass is 10.1. The van der Waals surface area contributed by atoms with E-state index in [2.05, 4.69) is 31.2 Å². The second-order valence-electron chi connectivity index (χ2n) is 4.24. The first-order valence-electron chi connectivity index (χ1n) is 5.71. The Kier molecular flexibility index (Phi) is 7.77. The van der Waals surface area contributed by atoms with E-state index in [-0.39, 0.29) is 18.3 Å². The van der Waals surface area contributed by atoms with Gasteiger partial charge in [-0.25, -0.2) is 0 Å². The molecule has 0 saturated carbocycles. The molecule has 0 radical (unpaired) electrons. The van der Waals surface area contributed by atoms with Gasteiger partial charge in [0.15, 0.2) is 0 Å². The highest BCUT2D eigenvalue weighted by Gasteiger charge is 1.98. The fourth-order valence-electron chi connectivity index (χ4n) is 1.24. The molecule has 1 aromatic rings. The van der Waals surface area contributed by atoms with E-state index in [0.717, 1.165) is 6.42 Å². The summed E-state index contributed by atoms with van der Waals surface area (Å²) in [4.78, 5) is 0. The van der Waals surface area contributed by atoms with Crippen LogP contribution in [0.15, 0.2) is 24.3 Å². The van der Waals surface area contributed by atoms with Crippen molar-refractivity contribution in [3.8, 4) is 0 Å². The first-order chi connectivity index (χ1) is 8.24. The molecule has 0 bridgehead atoms. The normalized spacial score (nSPS) is 12.5. The zero-order valence-corrected chi connectivity index (χ0v) is 11.7. The number of rotatable bonds is 4. The van der Waals surface area contributed by atoms with E-state index in [4.69, 9.17) is 16.0 Å². The van der Waals surface area contributed by atoms with Crippen LogP contribution in [0.4, 0.5) is 0 Å². The van der Waals surface area contributed by atoms with Gasteiger partial charge in [-0.05, 0) is 25.8 Å². The van der Waals surface area contributed by atoms with Crippen molar-refractivity contribution in [2.75, 3.05) is 12.3 Å². The van der Waals surface area contributed by atoms with Crippen molar-refractivity contribution in [2.45, 2.75) is 26.3 Å². The summed E-state index contributed by atoms with van der Waals surface area (Å²) in [6, 6.07) is 8.78. The monoisotopic (exact) mass is 274 g/mol. The van der Waals surface area contributed by atoms with Crippen LogP contribution < -0.4 is 11.5 Å². The Morgan fingerprint density at radius 1 is 1.28 bits per heavy atom. The van der Waals surface area contributed by atoms with Crippen LogP contribution in [0, 0.1) is 6.92 Å². The largest absolute Gasteiger partial charge is 0.329 e. The molecule has 0 spiro atoms. The van der Waals surface area contributed by atoms with E-state index in [9.17, 15) is 8.42 Å². The first kappa shape index (κ1) is 17.1. The van der Waals surface area contributed by atoms with E-state index < -0.39 is 10.1 Å². The Labute approximate surface area is 109 Å². The zero-order valence-electron chi connectivity index (χ0n) is 10.8. The van der Waals surface area contributed by atoms with E-state index >= 15 is 0 Å². The van der Waals surface area contributed by atoms with Crippen molar-refractivity contribution in [3.63, 3.8) is 0 Å². The van der Waals surface area contributed by atoms with E-state index in [0.29, 0.717) is 0 Å². The Morgan fingerprint density at radius 2 is 1.78 bits per heavy atom. The van der Waals surface area contributed by atoms with Crippen LogP contribution in [0.5, 0.6) is 0 Å². The van der Waals surface area contributed by atoms with Gasteiger partial charge in [0.25, 0.3) is 10.1 Å². The van der Waals surface area contributed by atoms with Gasteiger partial charge >= 0.3 is 0 Å². The Balaban J connectivity index is 0.000000360. The van der Waals surface area contributed by atoms with Crippen LogP contribution in [0.1, 0.15) is 18.1 Å². The maximum atomic E-state index is 9.71. The number of aryl methyl sites for hydroxylation is 1. The second kappa shape index (κ2) is 8.20. The summed E-state index contributed by atoms with van der Waals surface area (Å²) in [7, 11) is -3.80. The molecule has 1 unspecified atom stereocenters. The Morgan fingerprint density at radius 3 is 2.06 bits per heavy atom. The van der Waals surface area contributed by atoms with E-state index in [1.807, 2.05) is 6.92 Å². The summed E-state index contributed by atoms with van der Waals surface area (Å²) < 4.78 is 27.3. The molecular weight excluding hydrogens is 252 g/mol. The smallest absolute Gasteiger partial charge is 0.266 e. The Hall–Kier alpha value is -0.950. The van der Waals surface area contributed by atoms with E-state index in [1.165, 1.54) is 11.1 Å². The van der Waals surface area contributed by atoms with Gasteiger partial charge < -0.3 is 11.5 Å². The average molecular weight is 274 g/mol. The van der Waals surface area contributed by atoms with Crippen molar-refractivity contribution < 1.29 is 13.0 Å². The third kappa shape index (κ3) is 10.2. The minimum Gasteiger partial charge on any atom is -0.329 e. The predicted molar refractivity (Wildman–Crippen MR) is 74.0 cm³/mol. The van der Waals surface area contributed by atoms with Crippen molar-refractivity contribution in [1.29, 1.82) is 0 Å². The van der Waals surface area contributed by atoms with Gasteiger partial charge in [0.2, 0.25) is 0 Å². The molecule has 5 nitrogen and oxygen atoms in total. The molecule has 5 N–H and O–H groups in total. The van der Waals surface area contributed by atoms with Crippen molar-refractivity contribution >= 4 is 10.1 Å². The minimum absolute atomic E-state index is 0.0289. The van der Waals surface area contributed by atoms with Crippen molar-refractivity contribution in [1.82, 2.24) is 0 Å². The SMILES string of the molecule is Cc1ccc(CC(C)N)cc1.NCCS(=O)(=O)O. The number of hydrogen-bond acceptors (Lipinski definition) is 4. The fourth-order valence-corrected chi connectivity index (χ4v) is 1.54. The molecule has 0 aliphatic rings. The third-order valence-corrected chi connectivity index (χ3v) is 2.81. The lowest BCUT2D eigenvalue weighted by Crippen LogP contribution is -2.17. The minimum atomic E-state index is -3.80. The molecule has 0 amide bonds. The zero-order chi connectivity index (χ0) is 14.2. The van der Waals surface area contributed by atoms with Gasteiger partial charge in [0.05, 0.1) is 5.75 Å². The number of hydrogen-bond donors (Lipinski definition) is 3. The molecule has 104 valence electrons. The molecule has 18 heavy (non-hydrogen) atoms. The average Bonchev–Trinajstić information content (AvgIpc) is 2.20. The lowest BCUT2D eigenvalue weighted by Gasteiger charge is -2.04. The number of nitrogens with two attached hydrogens (primary N) is 2. The molecule has 0 aromatic heterocycles. The highest BCUT2D eigenvalue weighted by Crippen LogP contribution is 2.04. The van der Waals surface area contributed by atoms with Gasteiger partial charge in [0, 0.05) is 12.6 Å². The highest BCUT2D eigenvalue weighted by atomic mass is 32.2. The summed E-state index contributed by atoms with van der Waals surface area (Å²) in [5.74, 6) is -0.354. The Bertz CT molecular complexity index is 427. The second-order valence-corrected chi connectivity index (χ2v) is 5.81. The van der Waals surface area contributed by atoms with Gasteiger partial charge in [-0.2, -0.15) is 8.42 Å². The van der Waals surface area contributed by atoms with Gasteiger partial charge in [-0.1, -0.05) is 29.8 Å². The molecule has 0 saturated heterocycles.